The minimum Gasteiger partial charge on any atom is -0.311 e. The Kier molecular flexibility index (Phi) is 9.41. The molecule has 12 aromatic rings. The summed E-state index contributed by atoms with van der Waals surface area (Å²) in [5.41, 5.74) is 23.5. The van der Waals surface area contributed by atoms with Crippen molar-refractivity contribution in [2.75, 3.05) is 14.7 Å². The van der Waals surface area contributed by atoms with Crippen molar-refractivity contribution >= 4 is 133 Å². The highest BCUT2D eigenvalue weighted by molar-refractivity contribution is 7.05. The maximum atomic E-state index is 2.66. The Morgan fingerprint density at radius 1 is 0.377 bits per heavy atom. The van der Waals surface area contributed by atoms with Gasteiger partial charge < -0.3 is 19.3 Å². The van der Waals surface area contributed by atoms with Gasteiger partial charge >= 0.3 is 0 Å². The van der Waals surface area contributed by atoms with E-state index in [2.05, 4.69) is 294 Å². The van der Waals surface area contributed by atoms with Gasteiger partial charge in [-0.15, -0.1) is 0 Å². The first kappa shape index (κ1) is 44.4. The summed E-state index contributed by atoms with van der Waals surface area (Å²) in [5.74, 6) is 0. The number of nitrogens with zero attached hydrogens (tertiary/aromatic N) is 4. The smallest absolute Gasteiger partial charge is 0.252 e. The Morgan fingerprint density at radius 3 is 1.52 bits per heavy atom. The van der Waals surface area contributed by atoms with Gasteiger partial charge in [0, 0.05) is 61.7 Å². The Bertz CT molecular complexity index is 4420. The lowest BCUT2D eigenvalue weighted by atomic mass is 9.33. The molecule has 0 saturated heterocycles. The molecular formula is C70H53BN4Si2. The van der Waals surface area contributed by atoms with Crippen molar-refractivity contribution in [2.24, 2.45) is 0 Å². The monoisotopic (exact) mass is 1020 g/mol. The fraction of sp³-hybridized carbons (Fsp3) is 0.0571. The Labute approximate surface area is 452 Å². The third-order valence-electron chi connectivity index (χ3n) is 17.7. The zero-order valence-corrected chi connectivity index (χ0v) is 45.5. The second kappa shape index (κ2) is 16.3. The molecule has 0 saturated carbocycles. The van der Waals surface area contributed by atoms with E-state index >= 15 is 0 Å². The second-order valence-electron chi connectivity index (χ2n) is 22.4. The number of fused-ring (bicyclic) bond motifs is 15. The molecule has 0 fully saturated rings. The van der Waals surface area contributed by atoms with Crippen molar-refractivity contribution in [1.82, 2.24) is 4.57 Å². The molecule has 11 aromatic carbocycles. The minimum atomic E-state index is -2.13. The molecule has 5 heterocycles. The number of benzene rings is 11. The van der Waals surface area contributed by atoms with Gasteiger partial charge in [-0.05, 0) is 127 Å². The molecule has 0 spiro atoms. The summed E-state index contributed by atoms with van der Waals surface area (Å²) in [4.78, 5) is 7.88. The maximum Gasteiger partial charge on any atom is 0.252 e. The quantitative estimate of drug-likeness (QED) is 0.154. The topological polar surface area (TPSA) is 14.7 Å². The van der Waals surface area contributed by atoms with Gasteiger partial charge in [0.05, 0.1) is 28.1 Å². The lowest BCUT2D eigenvalue weighted by molar-refractivity contribution is 1.18. The SMILES string of the molecule is C[Si]1(C)c2ccccc2-c2c(N(c3ccccc3)c3cc4c5c(c3)N(c3ccccc3)c3c(ccc6c3c3ccccc3n6-c3ccccc3)B5c3ccc5c(c3N4c3ccccc3)-c3ccccc3[Si]5(C)C)cccc21. The molecule has 0 bridgehead atoms. The van der Waals surface area contributed by atoms with Gasteiger partial charge in [-0.1, -0.05) is 196 Å². The zero-order valence-electron chi connectivity index (χ0n) is 43.5. The van der Waals surface area contributed by atoms with Crippen LogP contribution in [0.4, 0.5) is 51.2 Å². The molecule has 4 nitrogen and oxygen atoms in total. The molecule has 16 rings (SSSR count). The number of aromatic nitrogens is 1. The minimum absolute atomic E-state index is 0.102. The van der Waals surface area contributed by atoms with Crippen LogP contribution in [-0.4, -0.2) is 27.4 Å². The van der Waals surface area contributed by atoms with Crippen molar-refractivity contribution in [2.45, 2.75) is 26.2 Å². The highest BCUT2D eigenvalue weighted by Gasteiger charge is 2.49. The average Bonchev–Trinajstić information content (AvgIpc) is 4.12. The third kappa shape index (κ3) is 6.09. The van der Waals surface area contributed by atoms with Crippen LogP contribution in [0.3, 0.4) is 0 Å². The van der Waals surface area contributed by atoms with Gasteiger partial charge in [0.1, 0.15) is 16.1 Å². The standard InChI is InChI=1S/C70H53BN4Si2/c1-76(2)61-37-21-18-33-52(61)65-57(36-23-39-63(65)76)72(46-24-9-5-10-25-46)50-44-59-68-60(45-50)75(49-30-15-8-16-31-49)70-55(41-43-64-67(70)53-34-19-22-38-62(53)77(64,3)4)71(68)54-40-42-58-66(69(54)74(59)48-28-13-7-14-29-48)51-32-17-20-35-56(51)73(58)47-26-11-6-12-27-47/h5-45H,1-4H3. The Hall–Kier alpha value is -8.88. The van der Waals surface area contributed by atoms with E-state index in [-0.39, 0.29) is 6.71 Å². The van der Waals surface area contributed by atoms with Crippen molar-refractivity contribution in [3.63, 3.8) is 0 Å². The molecule has 0 N–H and O–H groups in total. The highest BCUT2D eigenvalue weighted by atomic mass is 28.3. The van der Waals surface area contributed by atoms with Crippen LogP contribution in [0, 0.1) is 0 Å². The molecular weight excluding hydrogens is 964 g/mol. The average molecular weight is 1020 g/mol. The molecule has 7 heteroatoms. The summed E-state index contributed by atoms with van der Waals surface area (Å²) in [6.07, 6.45) is 0. The van der Waals surface area contributed by atoms with E-state index in [0.29, 0.717) is 0 Å². The van der Waals surface area contributed by atoms with Crippen LogP contribution in [0.1, 0.15) is 0 Å². The summed E-state index contributed by atoms with van der Waals surface area (Å²) in [5, 5.41) is 8.47. The van der Waals surface area contributed by atoms with Crippen LogP contribution >= 0.6 is 0 Å². The molecule has 0 atom stereocenters. The summed E-state index contributed by atoms with van der Waals surface area (Å²) in [6, 6.07) is 94.2. The molecule has 364 valence electrons. The van der Waals surface area contributed by atoms with Crippen LogP contribution in [-0.2, 0) is 0 Å². The second-order valence-corrected chi connectivity index (χ2v) is 31.1. The van der Waals surface area contributed by atoms with E-state index in [0.717, 1.165) is 28.4 Å². The van der Waals surface area contributed by atoms with Crippen molar-refractivity contribution < 1.29 is 0 Å². The van der Waals surface area contributed by atoms with E-state index in [9.17, 15) is 0 Å². The van der Waals surface area contributed by atoms with E-state index in [4.69, 9.17) is 0 Å². The van der Waals surface area contributed by atoms with Crippen molar-refractivity contribution in [3.05, 3.63) is 249 Å². The first-order valence-corrected chi connectivity index (χ1v) is 33.1. The van der Waals surface area contributed by atoms with E-state index in [1.165, 1.54) is 110 Å². The number of hydrogen-bond acceptors (Lipinski definition) is 3. The van der Waals surface area contributed by atoms with E-state index < -0.39 is 16.1 Å². The molecule has 4 aliphatic rings. The first-order chi connectivity index (χ1) is 37.8. The lowest BCUT2D eigenvalue weighted by Gasteiger charge is -2.46. The molecule has 77 heavy (non-hydrogen) atoms. The largest absolute Gasteiger partial charge is 0.311 e. The lowest BCUT2D eigenvalue weighted by Crippen LogP contribution is -2.62. The van der Waals surface area contributed by atoms with Gasteiger partial charge in [-0.25, -0.2) is 0 Å². The van der Waals surface area contributed by atoms with Crippen LogP contribution < -0.4 is 51.8 Å². The van der Waals surface area contributed by atoms with Crippen LogP contribution in [0.5, 0.6) is 0 Å². The molecule has 0 radical (unpaired) electrons. The van der Waals surface area contributed by atoms with E-state index in [1.54, 1.807) is 0 Å². The maximum absolute atomic E-state index is 2.66. The summed E-state index contributed by atoms with van der Waals surface area (Å²) in [7, 11) is -4.18. The summed E-state index contributed by atoms with van der Waals surface area (Å²) >= 11 is 0. The summed E-state index contributed by atoms with van der Waals surface area (Å²) in [6.45, 7) is 10.1. The van der Waals surface area contributed by atoms with E-state index in [1.807, 2.05) is 0 Å². The van der Waals surface area contributed by atoms with Gasteiger partial charge in [0.15, 0.2) is 0 Å². The molecule has 0 amide bonds. The number of para-hydroxylation sites is 5. The Morgan fingerprint density at radius 2 is 0.870 bits per heavy atom. The van der Waals surface area contributed by atoms with Gasteiger partial charge in [0.25, 0.3) is 6.71 Å². The van der Waals surface area contributed by atoms with Gasteiger partial charge in [0.2, 0.25) is 0 Å². The fourth-order valence-electron chi connectivity index (χ4n) is 14.4. The molecule has 0 unspecified atom stereocenters. The number of anilines is 9. The van der Waals surface area contributed by atoms with Crippen LogP contribution in [0.25, 0.3) is 49.7 Å². The van der Waals surface area contributed by atoms with Crippen molar-refractivity contribution in [3.8, 4) is 27.9 Å². The molecule has 0 aliphatic carbocycles. The predicted molar refractivity (Wildman–Crippen MR) is 334 cm³/mol. The zero-order chi connectivity index (χ0) is 51.3. The first-order valence-electron chi connectivity index (χ1n) is 27.1. The predicted octanol–water partition coefficient (Wildman–Crippen LogP) is 13.9. The van der Waals surface area contributed by atoms with Crippen molar-refractivity contribution in [1.29, 1.82) is 0 Å². The normalized spacial score (nSPS) is 14.6. The fourth-order valence-corrected chi connectivity index (χ4v) is 20.5. The summed E-state index contributed by atoms with van der Waals surface area (Å²) < 4.78 is 2.48. The number of hydrogen-bond donors (Lipinski definition) is 0. The van der Waals surface area contributed by atoms with Crippen LogP contribution in [0.15, 0.2) is 249 Å². The third-order valence-corrected chi connectivity index (χ3v) is 24.8. The molecule has 1 aromatic heterocycles. The molecule has 4 aliphatic heterocycles. The highest BCUT2D eigenvalue weighted by Crippen LogP contribution is 2.53. The number of rotatable bonds is 6. The Balaban J connectivity index is 1.09. The van der Waals surface area contributed by atoms with Gasteiger partial charge in [-0.2, -0.15) is 0 Å². The van der Waals surface area contributed by atoms with Crippen LogP contribution in [0.2, 0.25) is 26.2 Å². The van der Waals surface area contributed by atoms with Gasteiger partial charge in [-0.3, -0.25) is 0 Å².